The van der Waals surface area contributed by atoms with Crippen LogP contribution in [-0.2, 0) is 15.8 Å². The Kier molecular flexibility index (Phi) is 4.61. The first-order valence-corrected chi connectivity index (χ1v) is 8.03. The van der Waals surface area contributed by atoms with Crippen molar-refractivity contribution in [3.8, 4) is 0 Å². The molecule has 0 aromatic heterocycles. The summed E-state index contributed by atoms with van der Waals surface area (Å²) in [6.07, 6.45) is 2.15. The third-order valence-corrected chi connectivity index (χ3v) is 4.55. The molecule has 1 aliphatic heterocycles. The molecule has 1 aromatic rings. The molecule has 2 N–H and O–H groups in total. The Hall–Kier alpha value is -0.620. The van der Waals surface area contributed by atoms with E-state index in [0.29, 0.717) is 11.6 Å². The minimum atomic E-state index is -3.27. The van der Waals surface area contributed by atoms with Gasteiger partial charge in [-0.2, -0.15) is 0 Å². The van der Waals surface area contributed by atoms with Crippen molar-refractivity contribution in [1.82, 2.24) is 10.0 Å². The molecule has 6 heteroatoms. The van der Waals surface area contributed by atoms with Crippen molar-refractivity contribution >= 4 is 21.6 Å². The zero-order valence-corrected chi connectivity index (χ0v) is 11.6. The first kappa shape index (κ1) is 13.8. The van der Waals surface area contributed by atoms with E-state index in [1.807, 2.05) is 0 Å². The molecule has 1 heterocycles. The minimum Gasteiger partial charge on any atom is -0.313 e. The van der Waals surface area contributed by atoms with Gasteiger partial charge in [0.2, 0.25) is 10.0 Å². The lowest BCUT2D eigenvalue weighted by Crippen LogP contribution is -2.37. The molecule has 1 aliphatic rings. The summed E-state index contributed by atoms with van der Waals surface area (Å²) in [6.45, 7) is 1.44. The second-order valence-electron chi connectivity index (χ2n) is 4.53. The predicted octanol–water partition coefficient (Wildman–Crippen LogP) is 1.51. The summed E-state index contributed by atoms with van der Waals surface area (Å²) < 4.78 is 26.4. The summed E-state index contributed by atoms with van der Waals surface area (Å²) >= 11 is 5.76. The van der Waals surface area contributed by atoms with Crippen LogP contribution in [0, 0.1) is 0 Å². The Labute approximate surface area is 113 Å². The van der Waals surface area contributed by atoms with Crippen molar-refractivity contribution in [3.63, 3.8) is 0 Å². The summed E-state index contributed by atoms with van der Waals surface area (Å²) in [5.41, 5.74) is 0.742. The van der Waals surface area contributed by atoms with Crippen molar-refractivity contribution in [3.05, 3.63) is 34.9 Å². The molecule has 0 unspecified atom stereocenters. The van der Waals surface area contributed by atoms with E-state index >= 15 is 0 Å². The van der Waals surface area contributed by atoms with Gasteiger partial charge < -0.3 is 5.32 Å². The van der Waals surface area contributed by atoms with Crippen LogP contribution in [0.5, 0.6) is 0 Å². The zero-order chi connectivity index (χ0) is 13.0. The lowest BCUT2D eigenvalue weighted by molar-refractivity contribution is 0.551. The van der Waals surface area contributed by atoms with Crippen LogP contribution >= 0.6 is 11.6 Å². The third-order valence-electron chi connectivity index (χ3n) is 2.98. The van der Waals surface area contributed by atoms with Crippen LogP contribution in [0.25, 0.3) is 0 Å². The molecule has 4 nitrogen and oxygen atoms in total. The normalized spacial score (nSPS) is 20.2. The largest absolute Gasteiger partial charge is 0.313 e. The molecule has 0 aliphatic carbocycles. The summed E-state index contributed by atoms with van der Waals surface area (Å²) in [5, 5.41) is 3.87. The van der Waals surface area contributed by atoms with Gasteiger partial charge in [-0.25, -0.2) is 13.1 Å². The van der Waals surface area contributed by atoms with E-state index in [4.69, 9.17) is 11.6 Å². The molecule has 0 radical (unpaired) electrons. The molecule has 0 spiro atoms. The van der Waals surface area contributed by atoms with Crippen molar-refractivity contribution in [2.75, 3.05) is 13.1 Å². The summed E-state index contributed by atoms with van der Waals surface area (Å²) in [7, 11) is -3.27. The number of benzene rings is 1. The first-order valence-electron chi connectivity index (χ1n) is 6.00. The molecule has 18 heavy (non-hydrogen) atoms. The van der Waals surface area contributed by atoms with Crippen LogP contribution in [0.4, 0.5) is 0 Å². The Bertz CT molecular complexity index is 481. The number of halogens is 1. The van der Waals surface area contributed by atoms with E-state index in [1.165, 1.54) is 0 Å². The molecule has 1 saturated heterocycles. The van der Waals surface area contributed by atoms with E-state index in [0.717, 1.165) is 24.9 Å². The highest BCUT2D eigenvalue weighted by Crippen LogP contribution is 2.12. The lowest BCUT2D eigenvalue weighted by atomic mass is 10.2. The molecule has 1 aromatic carbocycles. The molecule has 2 rings (SSSR count). The van der Waals surface area contributed by atoms with Gasteiger partial charge in [0.05, 0.1) is 5.75 Å². The second kappa shape index (κ2) is 6.02. The maximum atomic E-state index is 11.9. The van der Waals surface area contributed by atoms with Gasteiger partial charge >= 0.3 is 0 Å². The van der Waals surface area contributed by atoms with Crippen molar-refractivity contribution in [1.29, 1.82) is 0 Å². The van der Waals surface area contributed by atoms with E-state index in [1.54, 1.807) is 24.3 Å². The van der Waals surface area contributed by atoms with Crippen LogP contribution in [0.2, 0.25) is 5.02 Å². The molecule has 1 fully saturated rings. The molecule has 0 bridgehead atoms. The van der Waals surface area contributed by atoms with Crippen LogP contribution in [0.15, 0.2) is 24.3 Å². The Morgan fingerprint density at radius 3 is 2.67 bits per heavy atom. The van der Waals surface area contributed by atoms with Gasteiger partial charge in [-0.15, -0.1) is 0 Å². The molecule has 1 atom stereocenters. The van der Waals surface area contributed by atoms with Gasteiger partial charge in [-0.05, 0) is 37.1 Å². The smallest absolute Gasteiger partial charge is 0.215 e. The molecule has 0 saturated carbocycles. The predicted molar refractivity (Wildman–Crippen MR) is 73.1 cm³/mol. The number of nitrogens with one attached hydrogen (secondary N) is 2. The lowest BCUT2D eigenvalue weighted by Gasteiger charge is -2.12. The first-order chi connectivity index (χ1) is 8.55. The molecular formula is C12H17ClN2O2S. The zero-order valence-electron chi connectivity index (χ0n) is 10.0. The highest BCUT2D eigenvalue weighted by Gasteiger charge is 2.17. The SMILES string of the molecule is O=S(=O)(Cc1ccc(Cl)cc1)NC[C@@H]1CCCN1. The number of sulfonamides is 1. The van der Waals surface area contributed by atoms with Gasteiger partial charge in [-0.1, -0.05) is 23.7 Å². The average Bonchev–Trinajstić information content (AvgIpc) is 2.83. The second-order valence-corrected chi connectivity index (χ2v) is 6.77. The van der Waals surface area contributed by atoms with Gasteiger partial charge in [-0.3, -0.25) is 0 Å². The minimum absolute atomic E-state index is 0.00309. The number of hydrogen-bond acceptors (Lipinski definition) is 3. The number of rotatable bonds is 5. The van der Waals surface area contributed by atoms with Gasteiger partial charge in [0, 0.05) is 17.6 Å². The third kappa shape index (κ3) is 4.24. The maximum Gasteiger partial charge on any atom is 0.215 e. The summed E-state index contributed by atoms with van der Waals surface area (Å²) in [5.74, 6) is -0.00309. The van der Waals surface area contributed by atoms with Crippen LogP contribution in [0.3, 0.4) is 0 Å². The van der Waals surface area contributed by atoms with Crippen LogP contribution < -0.4 is 10.0 Å². The van der Waals surface area contributed by atoms with Gasteiger partial charge in [0.15, 0.2) is 0 Å². The Balaban J connectivity index is 1.88. The van der Waals surface area contributed by atoms with E-state index in [2.05, 4.69) is 10.0 Å². The Morgan fingerprint density at radius 1 is 1.33 bits per heavy atom. The average molecular weight is 289 g/mol. The standard InChI is InChI=1S/C12H17ClN2O2S/c13-11-5-3-10(4-6-11)9-18(16,17)15-8-12-2-1-7-14-12/h3-6,12,14-15H,1-2,7-9H2/t12-/m0/s1. The summed E-state index contributed by atoms with van der Waals surface area (Å²) in [6, 6.07) is 7.13. The highest BCUT2D eigenvalue weighted by molar-refractivity contribution is 7.88. The monoisotopic (exact) mass is 288 g/mol. The van der Waals surface area contributed by atoms with Crippen molar-refractivity contribution in [2.45, 2.75) is 24.6 Å². The fraction of sp³-hybridized carbons (Fsp3) is 0.500. The van der Waals surface area contributed by atoms with E-state index < -0.39 is 10.0 Å². The highest BCUT2D eigenvalue weighted by atomic mass is 35.5. The van der Waals surface area contributed by atoms with Gasteiger partial charge in [0.25, 0.3) is 0 Å². The van der Waals surface area contributed by atoms with Crippen LogP contribution in [0.1, 0.15) is 18.4 Å². The van der Waals surface area contributed by atoms with Crippen molar-refractivity contribution < 1.29 is 8.42 Å². The molecular weight excluding hydrogens is 272 g/mol. The van der Waals surface area contributed by atoms with E-state index in [-0.39, 0.29) is 11.8 Å². The molecule has 0 amide bonds. The fourth-order valence-corrected chi connectivity index (χ4v) is 3.32. The maximum absolute atomic E-state index is 11.9. The van der Waals surface area contributed by atoms with E-state index in [9.17, 15) is 8.42 Å². The van der Waals surface area contributed by atoms with Crippen molar-refractivity contribution in [2.24, 2.45) is 0 Å². The Morgan fingerprint density at radius 2 is 2.06 bits per heavy atom. The quantitative estimate of drug-likeness (QED) is 0.863. The summed E-state index contributed by atoms with van der Waals surface area (Å²) in [4.78, 5) is 0. The number of hydrogen-bond donors (Lipinski definition) is 2. The molecule has 100 valence electrons. The topological polar surface area (TPSA) is 58.2 Å². The van der Waals surface area contributed by atoms with Gasteiger partial charge in [0.1, 0.15) is 0 Å². The fourth-order valence-electron chi connectivity index (χ4n) is 2.01. The van der Waals surface area contributed by atoms with Crippen LogP contribution in [-0.4, -0.2) is 27.5 Å².